The molecule has 7 heteroatoms. The number of ether oxygens (including phenoxy) is 1. The van der Waals surface area contributed by atoms with E-state index < -0.39 is 9.84 Å². The van der Waals surface area contributed by atoms with E-state index in [1.807, 2.05) is 0 Å². The first-order valence-corrected chi connectivity index (χ1v) is 10.0. The van der Waals surface area contributed by atoms with Gasteiger partial charge in [-0.2, -0.15) is 0 Å². The fourth-order valence-corrected chi connectivity index (χ4v) is 4.94. The molecule has 2 saturated heterocycles. The molecule has 0 aromatic heterocycles. The Morgan fingerprint density at radius 1 is 1.29 bits per heavy atom. The summed E-state index contributed by atoms with van der Waals surface area (Å²) in [5.74, 6) is -0.459. The van der Waals surface area contributed by atoms with E-state index in [1.165, 1.54) is 6.07 Å². The van der Waals surface area contributed by atoms with E-state index in [4.69, 9.17) is 4.74 Å². The molecule has 0 radical (unpaired) electrons. The summed E-state index contributed by atoms with van der Waals surface area (Å²) in [6.45, 7) is 2.82. The second kappa shape index (κ2) is 6.80. The highest BCUT2D eigenvalue weighted by Crippen LogP contribution is 2.29. The molecular formula is C17H22FNO4S. The SMILES string of the molecule is Cc1ccc(N(C(=O)CC2CS(=O)(=O)C2)C2CCOCC2)cc1F. The first kappa shape index (κ1) is 17.4. The zero-order valence-electron chi connectivity index (χ0n) is 13.7. The van der Waals surface area contributed by atoms with Crippen molar-refractivity contribution in [2.45, 2.75) is 32.2 Å². The van der Waals surface area contributed by atoms with Gasteiger partial charge in [-0.25, -0.2) is 12.8 Å². The fraction of sp³-hybridized carbons (Fsp3) is 0.588. The van der Waals surface area contributed by atoms with Gasteiger partial charge in [0, 0.05) is 31.4 Å². The molecule has 1 aromatic rings. The van der Waals surface area contributed by atoms with Crippen molar-refractivity contribution in [3.8, 4) is 0 Å². The third kappa shape index (κ3) is 3.78. The van der Waals surface area contributed by atoms with Crippen molar-refractivity contribution in [1.29, 1.82) is 0 Å². The minimum Gasteiger partial charge on any atom is -0.381 e. The molecule has 0 aliphatic carbocycles. The molecule has 2 aliphatic heterocycles. The van der Waals surface area contributed by atoms with Gasteiger partial charge in [0.15, 0.2) is 9.84 Å². The second-order valence-corrected chi connectivity index (χ2v) is 8.84. The molecule has 0 atom stereocenters. The van der Waals surface area contributed by atoms with Gasteiger partial charge in [-0.1, -0.05) is 6.07 Å². The minimum atomic E-state index is -2.95. The Labute approximate surface area is 141 Å². The number of hydrogen-bond acceptors (Lipinski definition) is 4. The van der Waals surface area contributed by atoms with Gasteiger partial charge in [0.05, 0.1) is 11.5 Å². The predicted molar refractivity (Wildman–Crippen MR) is 89.2 cm³/mol. The van der Waals surface area contributed by atoms with Gasteiger partial charge in [-0.15, -0.1) is 0 Å². The van der Waals surface area contributed by atoms with Crippen LogP contribution in [-0.4, -0.2) is 45.1 Å². The minimum absolute atomic E-state index is 0.0370. The number of amides is 1. The van der Waals surface area contributed by atoms with Crippen LogP contribution in [0, 0.1) is 18.7 Å². The Kier molecular flexibility index (Phi) is 4.92. The maximum atomic E-state index is 14.0. The van der Waals surface area contributed by atoms with Crippen LogP contribution in [0.5, 0.6) is 0 Å². The number of carbonyl (C=O) groups excluding carboxylic acids is 1. The summed E-state index contributed by atoms with van der Waals surface area (Å²) in [5, 5.41) is 0. The normalized spacial score (nSPS) is 21.2. The van der Waals surface area contributed by atoms with Crippen LogP contribution in [0.15, 0.2) is 18.2 Å². The summed E-state index contributed by atoms with van der Waals surface area (Å²) in [6, 6.07) is 4.77. The summed E-state index contributed by atoms with van der Waals surface area (Å²) in [4.78, 5) is 14.5. The zero-order chi connectivity index (χ0) is 17.3. The molecule has 2 heterocycles. The predicted octanol–water partition coefficient (Wildman–Crippen LogP) is 2.08. The maximum Gasteiger partial charge on any atom is 0.227 e. The lowest BCUT2D eigenvalue weighted by Gasteiger charge is -2.36. The fourth-order valence-electron chi connectivity index (χ4n) is 3.37. The first-order chi connectivity index (χ1) is 11.4. The highest BCUT2D eigenvalue weighted by molar-refractivity contribution is 7.92. The van der Waals surface area contributed by atoms with Gasteiger partial charge >= 0.3 is 0 Å². The molecule has 132 valence electrons. The Morgan fingerprint density at radius 2 is 1.96 bits per heavy atom. The van der Waals surface area contributed by atoms with E-state index in [9.17, 15) is 17.6 Å². The monoisotopic (exact) mass is 355 g/mol. The average Bonchev–Trinajstić information content (AvgIpc) is 2.50. The van der Waals surface area contributed by atoms with Crippen LogP contribution in [0.2, 0.25) is 0 Å². The van der Waals surface area contributed by atoms with Crippen LogP contribution in [0.25, 0.3) is 0 Å². The summed E-state index contributed by atoms with van der Waals surface area (Å²) in [7, 11) is -2.95. The molecule has 5 nitrogen and oxygen atoms in total. The van der Waals surface area contributed by atoms with E-state index in [1.54, 1.807) is 24.0 Å². The number of anilines is 1. The van der Waals surface area contributed by atoms with Crippen molar-refractivity contribution in [2.24, 2.45) is 5.92 Å². The smallest absolute Gasteiger partial charge is 0.227 e. The topological polar surface area (TPSA) is 63.7 Å². The lowest BCUT2D eigenvalue weighted by atomic mass is 10.0. The molecule has 3 rings (SSSR count). The van der Waals surface area contributed by atoms with Crippen molar-refractivity contribution >= 4 is 21.4 Å². The largest absolute Gasteiger partial charge is 0.381 e. The van der Waals surface area contributed by atoms with E-state index in [0.717, 1.165) is 0 Å². The van der Waals surface area contributed by atoms with E-state index in [0.29, 0.717) is 37.3 Å². The van der Waals surface area contributed by atoms with Gasteiger partial charge < -0.3 is 9.64 Å². The van der Waals surface area contributed by atoms with Crippen LogP contribution < -0.4 is 4.90 Å². The highest BCUT2D eigenvalue weighted by Gasteiger charge is 2.37. The molecule has 1 aromatic carbocycles. The zero-order valence-corrected chi connectivity index (χ0v) is 14.5. The van der Waals surface area contributed by atoms with Gasteiger partial charge in [0.2, 0.25) is 5.91 Å². The number of halogens is 1. The van der Waals surface area contributed by atoms with Crippen molar-refractivity contribution in [3.05, 3.63) is 29.6 Å². The Morgan fingerprint density at radius 3 is 2.54 bits per heavy atom. The molecule has 0 spiro atoms. The summed E-state index contributed by atoms with van der Waals surface area (Å²) < 4.78 is 42.0. The number of nitrogens with zero attached hydrogens (tertiary/aromatic N) is 1. The second-order valence-electron chi connectivity index (χ2n) is 6.69. The van der Waals surface area contributed by atoms with Crippen LogP contribution in [0.4, 0.5) is 10.1 Å². The van der Waals surface area contributed by atoms with E-state index >= 15 is 0 Å². The van der Waals surface area contributed by atoms with Crippen LogP contribution >= 0.6 is 0 Å². The molecule has 1 amide bonds. The number of carbonyl (C=O) groups is 1. The number of aryl methyl sites for hydroxylation is 1. The van der Waals surface area contributed by atoms with Crippen molar-refractivity contribution < 1.29 is 22.3 Å². The summed E-state index contributed by atoms with van der Waals surface area (Å²) >= 11 is 0. The Hall–Kier alpha value is -1.47. The lowest BCUT2D eigenvalue weighted by molar-refractivity contribution is -0.120. The number of sulfone groups is 1. The number of rotatable bonds is 4. The average molecular weight is 355 g/mol. The van der Waals surface area contributed by atoms with Gasteiger partial charge in [0.1, 0.15) is 5.82 Å². The molecule has 0 bridgehead atoms. The maximum absolute atomic E-state index is 14.0. The van der Waals surface area contributed by atoms with Crippen LogP contribution in [-0.2, 0) is 19.4 Å². The third-order valence-corrected chi connectivity index (χ3v) is 6.66. The molecule has 2 fully saturated rings. The molecule has 0 N–H and O–H groups in total. The summed E-state index contributed by atoms with van der Waals surface area (Å²) in [5.41, 5.74) is 1.07. The molecular weight excluding hydrogens is 333 g/mol. The summed E-state index contributed by atoms with van der Waals surface area (Å²) in [6.07, 6.45) is 1.58. The molecule has 24 heavy (non-hydrogen) atoms. The standard InChI is InChI=1S/C17H22FNO4S/c1-12-2-3-15(9-16(12)18)19(14-4-6-23-7-5-14)17(20)8-13-10-24(21,22)11-13/h2-3,9,13-14H,4-8,10-11H2,1H3. The first-order valence-electron chi connectivity index (χ1n) is 8.22. The van der Waals surface area contributed by atoms with Crippen molar-refractivity contribution in [2.75, 3.05) is 29.6 Å². The molecule has 0 unspecified atom stereocenters. The molecule has 0 saturated carbocycles. The van der Waals surface area contributed by atoms with Crippen molar-refractivity contribution in [3.63, 3.8) is 0 Å². The molecule has 2 aliphatic rings. The Bertz CT molecular complexity index is 716. The highest BCUT2D eigenvalue weighted by atomic mass is 32.2. The van der Waals surface area contributed by atoms with Gasteiger partial charge in [-0.3, -0.25) is 4.79 Å². The van der Waals surface area contributed by atoms with Crippen LogP contribution in [0.1, 0.15) is 24.8 Å². The van der Waals surface area contributed by atoms with Crippen molar-refractivity contribution in [1.82, 2.24) is 0 Å². The van der Waals surface area contributed by atoms with Gasteiger partial charge in [-0.05, 0) is 43.4 Å². The number of hydrogen-bond donors (Lipinski definition) is 0. The third-order valence-electron chi connectivity index (χ3n) is 4.70. The lowest BCUT2D eigenvalue weighted by Crippen LogP contribution is -2.47. The number of benzene rings is 1. The van der Waals surface area contributed by atoms with Gasteiger partial charge in [0.25, 0.3) is 0 Å². The Balaban J connectivity index is 1.81. The van der Waals surface area contributed by atoms with E-state index in [-0.39, 0.29) is 41.6 Å². The van der Waals surface area contributed by atoms with Crippen LogP contribution in [0.3, 0.4) is 0 Å². The quantitative estimate of drug-likeness (QED) is 0.830. The van der Waals surface area contributed by atoms with E-state index in [2.05, 4.69) is 0 Å².